The van der Waals surface area contributed by atoms with E-state index in [1.807, 2.05) is 0 Å². The quantitative estimate of drug-likeness (QED) is 0.560. The average molecular weight is 397 g/mol. The zero-order chi connectivity index (χ0) is 14.3. The van der Waals surface area contributed by atoms with E-state index in [1.165, 1.54) is 0 Å². The van der Waals surface area contributed by atoms with Crippen LogP contribution in [0.1, 0.15) is 11.5 Å². The van der Waals surface area contributed by atoms with E-state index >= 15 is 0 Å². The molecule has 0 aliphatic heterocycles. The lowest BCUT2D eigenvalue weighted by molar-refractivity contribution is -0.637. The van der Waals surface area contributed by atoms with Crippen LogP contribution in [0, 0.1) is 7.53 Å². The topological polar surface area (TPSA) is 26.3 Å². The molecule has 0 spiro atoms. The molecule has 0 fully saturated rings. The molecule has 0 saturated heterocycles. The summed E-state index contributed by atoms with van der Waals surface area (Å²) in [5, 5.41) is 0. The van der Waals surface area contributed by atoms with Crippen molar-refractivity contribution in [2.75, 3.05) is 0 Å². The summed E-state index contributed by atoms with van der Waals surface area (Å²) in [6.45, 7) is 0. The van der Waals surface area contributed by atoms with E-state index in [2.05, 4.69) is 8.83 Å². The number of alkyl halides is 6. The van der Waals surface area contributed by atoms with Crippen molar-refractivity contribution in [2.45, 2.75) is 12.4 Å². The lowest BCUT2D eigenvalue weighted by atomic mass is 10.4. The van der Waals surface area contributed by atoms with Gasteiger partial charge in [-0.25, -0.2) is 0 Å². The van der Waals surface area contributed by atoms with Gasteiger partial charge in [0.1, 0.15) is 0 Å². The van der Waals surface area contributed by atoms with E-state index < -0.39 is 45.1 Å². The first-order chi connectivity index (χ1) is 8.66. The first-order valence-corrected chi connectivity index (χ1v) is 6.81. The molecule has 2 heterocycles. The molecule has 0 N–H and O–H groups in total. The minimum absolute atomic E-state index is 0.0193. The molecule has 0 aromatic carbocycles. The van der Waals surface area contributed by atoms with Crippen LogP contribution in [-0.2, 0) is 12.4 Å². The highest BCUT2D eigenvalue weighted by atomic mass is 127. The van der Waals surface area contributed by atoms with Gasteiger partial charge in [0.25, 0.3) is 0 Å². The van der Waals surface area contributed by atoms with Crippen molar-refractivity contribution in [3.63, 3.8) is 0 Å². The fraction of sp³-hybridized carbons (Fsp3) is 0.200. The molecule has 0 radical (unpaired) electrons. The summed E-state index contributed by atoms with van der Waals surface area (Å²) in [7, 11) is 0. The smallest absolute Gasteiger partial charge is 0.413 e. The number of hydrogen-bond donors (Lipinski definition) is 0. The Hall–Kier alpha value is -1.13. The summed E-state index contributed by atoms with van der Waals surface area (Å²) in [5.74, 6) is -2.35. The Kier molecular flexibility index (Phi) is 3.58. The third kappa shape index (κ3) is 3.45. The highest BCUT2D eigenvalue weighted by Crippen LogP contribution is 2.30. The molecule has 2 nitrogen and oxygen atoms in total. The molecule has 2 aromatic heterocycles. The molecular weight excluding hydrogens is 393 g/mol. The standard InChI is InChI=1S/C10H4F6IO2/c11-9(12,13)5-1-3-7(18-5)17-8-4-2-6(19-8)10(14,15)16/h1-4H/q+1. The van der Waals surface area contributed by atoms with Gasteiger partial charge in [-0.2, -0.15) is 26.3 Å². The van der Waals surface area contributed by atoms with E-state index in [1.54, 1.807) is 0 Å². The Balaban J connectivity index is 2.14. The molecule has 2 aromatic rings. The molecule has 0 atom stereocenters. The fourth-order valence-corrected chi connectivity index (χ4v) is 3.06. The Morgan fingerprint density at radius 1 is 0.684 bits per heavy atom. The van der Waals surface area contributed by atoms with Gasteiger partial charge in [-0.1, -0.05) is 0 Å². The SMILES string of the molecule is FC(F)(F)c1ccc([I+]c2ccc(C(F)(F)F)o2)o1. The van der Waals surface area contributed by atoms with Crippen molar-refractivity contribution >= 4 is 0 Å². The summed E-state index contributed by atoms with van der Waals surface area (Å²) in [5.41, 5.74) is 0. The molecule has 19 heavy (non-hydrogen) atoms. The third-order valence-corrected chi connectivity index (χ3v) is 4.11. The molecule has 0 bridgehead atoms. The Labute approximate surface area is 112 Å². The highest BCUT2D eigenvalue weighted by molar-refractivity contribution is 5.03. The monoisotopic (exact) mass is 397 g/mol. The van der Waals surface area contributed by atoms with Crippen molar-refractivity contribution < 1.29 is 56.4 Å². The highest BCUT2D eigenvalue weighted by Gasteiger charge is 2.39. The van der Waals surface area contributed by atoms with Gasteiger partial charge in [0.15, 0.2) is 0 Å². The summed E-state index contributed by atoms with van der Waals surface area (Å²) in [4.78, 5) is 0. The first kappa shape index (κ1) is 14.3. The van der Waals surface area contributed by atoms with Gasteiger partial charge in [0, 0.05) is 12.1 Å². The van der Waals surface area contributed by atoms with E-state index in [9.17, 15) is 26.3 Å². The number of hydrogen-bond acceptors (Lipinski definition) is 2. The van der Waals surface area contributed by atoms with Crippen LogP contribution in [0.25, 0.3) is 0 Å². The van der Waals surface area contributed by atoms with Crippen LogP contribution >= 0.6 is 0 Å². The van der Waals surface area contributed by atoms with Crippen LogP contribution in [-0.4, -0.2) is 0 Å². The number of furan rings is 2. The van der Waals surface area contributed by atoms with E-state index in [0.29, 0.717) is 0 Å². The summed E-state index contributed by atoms with van der Waals surface area (Å²) >= 11 is -1.36. The van der Waals surface area contributed by atoms with E-state index in [0.717, 1.165) is 24.3 Å². The van der Waals surface area contributed by atoms with E-state index in [4.69, 9.17) is 0 Å². The number of rotatable bonds is 2. The third-order valence-electron chi connectivity index (χ3n) is 1.89. The van der Waals surface area contributed by atoms with Crippen LogP contribution in [0.2, 0.25) is 0 Å². The maximum absolute atomic E-state index is 12.2. The predicted octanol–water partition coefficient (Wildman–Crippen LogP) is 1.04. The maximum Gasteiger partial charge on any atom is 0.449 e. The molecule has 2 rings (SSSR count). The maximum atomic E-state index is 12.2. The second-order valence-corrected chi connectivity index (χ2v) is 5.96. The Morgan fingerprint density at radius 2 is 1.05 bits per heavy atom. The average Bonchev–Trinajstić information content (AvgIpc) is 2.84. The van der Waals surface area contributed by atoms with Crippen LogP contribution in [0.5, 0.6) is 0 Å². The second-order valence-electron chi connectivity index (χ2n) is 3.30. The van der Waals surface area contributed by atoms with Crippen molar-refractivity contribution in [3.8, 4) is 0 Å². The Bertz CT molecular complexity index is 515. The molecule has 9 heteroatoms. The van der Waals surface area contributed by atoms with Crippen molar-refractivity contribution in [3.05, 3.63) is 43.3 Å². The van der Waals surface area contributed by atoms with Gasteiger partial charge in [-0.05, 0) is 12.1 Å². The normalized spacial score (nSPS) is 12.9. The summed E-state index contributed by atoms with van der Waals surface area (Å²) in [6, 6.07) is 3.66. The molecule has 104 valence electrons. The van der Waals surface area contributed by atoms with Crippen LogP contribution in [0.4, 0.5) is 26.3 Å². The van der Waals surface area contributed by atoms with Gasteiger partial charge in [0.05, 0.1) is 0 Å². The minimum Gasteiger partial charge on any atom is -0.413 e. The zero-order valence-corrected chi connectivity index (χ0v) is 10.9. The van der Waals surface area contributed by atoms with Crippen LogP contribution in [0.3, 0.4) is 0 Å². The molecule has 0 unspecified atom stereocenters. The van der Waals surface area contributed by atoms with Crippen molar-refractivity contribution in [1.82, 2.24) is 0 Å². The Morgan fingerprint density at radius 3 is 1.32 bits per heavy atom. The molecule has 0 saturated carbocycles. The lowest BCUT2D eigenvalue weighted by Gasteiger charge is -1.98. The zero-order valence-electron chi connectivity index (χ0n) is 8.77. The van der Waals surface area contributed by atoms with Gasteiger partial charge >= 0.3 is 41.1 Å². The minimum atomic E-state index is -4.61. The summed E-state index contributed by atoms with van der Waals surface area (Å²) < 4.78 is 82.5. The largest absolute Gasteiger partial charge is 0.449 e. The van der Waals surface area contributed by atoms with Gasteiger partial charge < -0.3 is 8.83 Å². The van der Waals surface area contributed by atoms with Crippen LogP contribution in [0.15, 0.2) is 33.1 Å². The molecule has 0 aliphatic carbocycles. The number of halogens is 7. The van der Waals surface area contributed by atoms with Crippen molar-refractivity contribution in [2.24, 2.45) is 0 Å². The lowest BCUT2D eigenvalue weighted by Crippen LogP contribution is -3.61. The van der Waals surface area contributed by atoms with Crippen molar-refractivity contribution in [1.29, 1.82) is 0 Å². The second kappa shape index (κ2) is 4.76. The fourth-order valence-electron chi connectivity index (χ4n) is 1.13. The predicted molar refractivity (Wildman–Crippen MR) is 44.8 cm³/mol. The van der Waals surface area contributed by atoms with Gasteiger partial charge in [-0.3, -0.25) is 0 Å². The summed E-state index contributed by atoms with van der Waals surface area (Å²) in [6.07, 6.45) is -9.22. The van der Waals surface area contributed by atoms with Gasteiger partial charge in [-0.15, -0.1) is 0 Å². The van der Waals surface area contributed by atoms with Gasteiger partial charge in [0.2, 0.25) is 11.5 Å². The molecule has 0 aliphatic rings. The van der Waals surface area contributed by atoms with E-state index in [-0.39, 0.29) is 7.53 Å². The first-order valence-electron chi connectivity index (χ1n) is 4.65. The van der Waals surface area contributed by atoms with Crippen LogP contribution < -0.4 is 21.2 Å². The molecule has 0 amide bonds. The molecular formula is C10H4F6IO2+.